The number of aromatic hydroxyl groups is 1. The molecule has 10 nitrogen and oxygen atoms in total. The Morgan fingerprint density at radius 1 is 1.00 bits per heavy atom. The Bertz CT molecular complexity index is 965. The standard InChI is InChI=1S/C21H26O10/c22-9-14-16(24)17(25)18(26)21(31-14)29-11-6-7-12-13(8-11)30-20(27)19(15(12)23)28-10-4-2-1-3-5-10/h6-8,10,14,16-18,21-26H,1-5,9H2/t14-,16+,17+,18-,21-/m1/s1. The van der Waals surface area contributed by atoms with Crippen LogP contribution in [0.15, 0.2) is 27.4 Å². The molecule has 2 aliphatic rings. The van der Waals surface area contributed by atoms with Crippen LogP contribution in [0.5, 0.6) is 17.2 Å². The maximum absolute atomic E-state index is 12.4. The van der Waals surface area contributed by atoms with Crippen LogP contribution in [0.4, 0.5) is 0 Å². The molecule has 5 N–H and O–H groups in total. The molecule has 2 heterocycles. The van der Waals surface area contributed by atoms with E-state index in [1.54, 1.807) is 0 Å². The number of aliphatic hydroxyl groups is 4. The van der Waals surface area contributed by atoms with Crippen LogP contribution in [0.3, 0.4) is 0 Å². The normalized spacial score (nSPS) is 29.7. The van der Waals surface area contributed by atoms with Crippen LogP contribution in [0.1, 0.15) is 32.1 Å². The van der Waals surface area contributed by atoms with Gasteiger partial charge in [0.2, 0.25) is 12.0 Å². The minimum Gasteiger partial charge on any atom is -0.504 e. The number of fused-ring (bicyclic) bond motifs is 1. The van der Waals surface area contributed by atoms with Gasteiger partial charge in [-0.05, 0) is 37.8 Å². The topological polar surface area (TPSA) is 159 Å². The van der Waals surface area contributed by atoms with Gasteiger partial charge in [0.1, 0.15) is 35.7 Å². The Kier molecular flexibility index (Phi) is 6.35. The SMILES string of the molecule is O=c1oc2cc(O[C@@H]3O[C@H](CO)[C@H](O)[C@H](O)[C@H]3O)ccc2c(O)c1OC1CCCCC1. The number of hydrogen-bond acceptors (Lipinski definition) is 10. The molecule has 1 aromatic heterocycles. The predicted octanol–water partition coefficient (Wildman–Crippen LogP) is 0.389. The molecule has 2 fully saturated rings. The van der Waals surface area contributed by atoms with E-state index in [0.29, 0.717) is 0 Å². The second-order valence-corrected chi connectivity index (χ2v) is 7.92. The van der Waals surface area contributed by atoms with E-state index in [1.807, 2.05) is 0 Å². The third-order valence-corrected chi connectivity index (χ3v) is 5.75. The Morgan fingerprint density at radius 3 is 2.45 bits per heavy atom. The van der Waals surface area contributed by atoms with Crippen molar-refractivity contribution >= 4 is 11.0 Å². The highest BCUT2D eigenvalue weighted by Gasteiger charge is 2.44. The molecule has 5 atom stereocenters. The highest BCUT2D eigenvalue weighted by Crippen LogP contribution is 2.35. The monoisotopic (exact) mass is 438 g/mol. The number of benzene rings is 1. The maximum atomic E-state index is 12.4. The molecule has 31 heavy (non-hydrogen) atoms. The highest BCUT2D eigenvalue weighted by atomic mass is 16.7. The van der Waals surface area contributed by atoms with Gasteiger partial charge in [-0.2, -0.15) is 0 Å². The van der Waals surface area contributed by atoms with Gasteiger partial charge < -0.3 is 44.2 Å². The first-order valence-electron chi connectivity index (χ1n) is 10.3. The summed E-state index contributed by atoms with van der Waals surface area (Å²) in [5.41, 5.74) is -0.791. The number of ether oxygens (including phenoxy) is 3. The van der Waals surface area contributed by atoms with E-state index >= 15 is 0 Å². The van der Waals surface area contributed by atoms with Crippen LogP contribution < -0.4 is 15.1 Å². The first kappa shape index (κ1) is 21.8. The summed E-state index contributed by atoms with van der Waals surface area (Å²) in [6.45, 7) is -0.588. The van der Waals surface area contributed by atoms with E-state index < -0.39 is 42.9 Å². The van der Waals surface area contributed by atoms with Crippen molar-refractivity contribution in [2.24, 2.45) is 0 Å². The average Bonchev–Trinajstić information content (AvgIpc) is 2.77. The van der Waals surface area contributed by atoms with Crippen LogP contribution >= 0.6 is 0 Å². The fourth-order valence-corrected chi connectivity index (χ4v) is 3.97. The lowest BCUT2D eigenvalue weighted by atomic mass is 9.98. The molecule has 0 bridgehead atoms. The van der Waals surface area contributed by atoms with Crippen molar-refractivity contribution in [3.8, 4) is 17.2 Å². The Balaban J connectivity index is 1.57. The smallest absolute Gasteiger partial charge is 0.383 e. The molecule has 0 spiro atoms. The molecule has 2 aromatic rings. The Hall–Kier alpha value is -2.37. The van der Waals surface area contributed by atoms with Crippen LogP contribution in [-0.4, -0.2) is 68.9 Å². The highest BCUT2D eigenvalue weighted by molar-refractivity contribution is 5.86. The molecular weight excluding hydrogens is 412 g/mol. The third kappa shape index (κ3) is 4.35. The third-order valence-electron chi connectivity index (χ3n) is 5.75. The van der Waals surface area contributed by atoms with Crippen molar-refractivity contribution in [2.45, 2.75) is 68.9 Å². The van der Waals surface area contributed by atoms with Gasteiger partial charge in [0.05, 0.1) is 18.1 Å². The molecule has 170 valence electrons. The number of aliphatic hydroxyl groups excluding tert-OH is 4. The van der Waals surface area contributed by atoms with Crippen molar-refractivity contribution in [3.05, 3.63) is 28.6 Å². The van der Waals surface area contributed by atoms with Gasteiger partial charge >= 0.3 is 5.63 Å². The first-order valence-corrected chi connectivity index (χ1v) is 10.3. The molecule has 0 unspecified atom stereocenters. The molecule has 1 saturated carbocycles. The summed E-state index contributed by atoms with van der Waals surface area (Å²) < 4.78 is 21.9. The molecule has 1 aromatic carbocycles. The van der Waals surface area contributed by atoms with Gasteiger partial charge in [-0.15, -0.1) is 0 Å². The largest absolute Gasteiger partial charge is 0.504 e. The molecule has 0 radical (unpaired) electrons. The van der Waals surface area contributed by atoms with E-state index in [4.69, 9.17) is 18.6 Å². The summed E-state index contributed by atoms with van der Waals surface area (Å²) in [6.07, 6.45) is -2.58. The minimum absolute atomic E-state index is 0.0283. The van der Waals surface area contributed by atoms with Gasteiger partial charge in [0, 0.05) is 6.07 Å². The summed E-state index contributed by atoms with van der Waals surface area (Å²) >= 11 is 0. The van der Waals surface area contributed by atoms with E-state index in [0.717, 1.165) is 32.1 Å². The van der Waals surface area contributed by atoms with Crippen LogP contribution in [-0.2, 0) is 4.74 Å². The summed E-state index contributed by atoms with van der Waals surface area (Å²) in [4.78, 5) is 12.4. The minimum atomic E-state index is -1.59. The zero-order chi connectivity index (χ0) is 22.1. The van der Waals surface area contributed by atoms with Crippen LogP contribution in [0.25, 0.3) is 11.0 Å². The van der Waals surface area contributed by atoms with Crippen molar-refractivity contribution in [3.63, 3.8) is 0 Å². The molecule has 1 saturated heterocycles. The zero-order valence-electron chi connectivity index (χ0n) is 16.7. The molecule has 10 heteroatoms. The zero-order valence-corrected chi connectivity index (χ0v) is 16.7. The maximum Gasteiger partial charge on any atom is 0.383 e. The number of hydrogen-bond donors (Lipinski definition) is 5. The van der Waals surface area contributed by atoms with E-state index in [2.05, 4.69) is 0 Å². The van der Waals surface area contributed by atoms with Crippen molar-refractivity contribution in [1.82, 2.24) is 0 Å². The van der Waals surface area contributed by atoms with Crippen molar-refractivity contribution in [1.29, 1.82) is 0 Å². The fourth-order valence-electron chi connectivity index (χ4n) is 3.97. The Morgan fingerprint density at radius 2 is 1.74 bits per heavy atom. The van der Waals surface area contributed by atoms with E-state index in [9.17, 15) is 30.3 Å². The quantitative estimate of drug-likeness (QED) is 0.413. The lowest BCUT2D eigenvalue weighted by molar-refractivity contribution is -0.277. The molecular formula is C21H26O10. The van der Waals surface area contributed by atoms with Gasteiger partial charge in [-0.25, -0.2) is 4.79 Å². The van der Waals surface area contributed by atoms with Crippen molar-refractivity contribution < 1.29 is 44.2 Å². The fraction of sp³-hybridized carbons (Fsp3) is 0.571. The Labute approximate surface area is 177 Å². The van der Waals surface area contributed by atoms with E-state index in [1.165, 1.54) is 18.2 Å². The van der Waals surface area contributed by atoms with Gasteiger partial charge in [-0.1, -0.05) is 6.42 Å². The van der Waals surface area contributed by atoms with Crippen LogP contribution in [0, 0.1) is 0 Å². The molecule has 0 amide bonds. The molecule has 1 aliphatic carbocycles. The lowest BCUT2D eigenvalue weighted by Crippen LogP contribution is -2.60. The predicted molar refractivity (Wildman–Crippen MR) is 106 cm³/mol. The second-order valence-electron chi connectivity index (χ2n) is 7.92. The van der Waals surface area contributed by atoms with Crippen molar-refractivity contribution in [2.75, 3.05) is 6.61 Å². The van der Waals surface area contributed by atoms with Gasteiger partial charge in [0.15, 0.2) is 5.75 Å². The summed E-state index contributed by atoms with van der Waals surface area (Å²) in [5.74, 6) is -0.432. The molecule has 4 rings (SSSR count). The number of rotatable bonds is 5. The van der Waals surface area contributed by atoms with Gasteiger partial charge in [-0.3, -0.25) is 0 Å². The van der Waals surface area contributed by atoms with Gasteiger partial charge in [0.25, 0.3) is 0 Å². The summed E-state index contributed by atoms with van der Waals surface area (Å²) in [5, 5.41) is 49.9. The summed E-state index contributed by atoms with van der Waals surface area (Å²) in [7, 11) is 0. The second kappa shape index (κ2) is 9.01. The molecule has 1 aliphatic heterocycles. The first-order chi connectivity index (χ1) is 14.9. The lowest BCUT2D eigenvalue weighted by Gasteiger charge is -2.39. The summed E-state index contributed by atoms with van der Waals surface area (Å²) in [6, 6.07) is 4.23. The van der Waals surface area contributed by atoms with E-state index in [-0.39, 0.29) is 34.3 Å². The van der Waals surface area contributed by atoms with Crippen LogP contribution in [0.2, 0.25) is 0 Å². The average molecular weight is 438 g/mol.